The highest BCUT2D eigenvalue weighted by Crippen LogP contribution is 2.44. The van der Waals surface area contributed by atoms with Crippen LogP contribution < -0.4 is 15.5 Å². The lowest BCUT2D eigenvalue weighted by molar-refractivity contribution is 0.00578. The number of nitrogens with zero attached hydrogens (tertiary/aromatic N) is 1. The largest absolute Gasteiger partial charge is 0.495 e. The Morgan fingerprint density at radius 3 is 2.34 bits per heavy atom. The molecule has 0 unspecified atom stereocenters. The van der Waals surface area contributed by atoms with E-state index in [-0.39, 0.29) is 6.61 Å². The van der Waals surface area contributed by atoms with Crippen LogP contribution in [-0.2, 0) is 15.0 Å². The standard InChI is InChI=1S/C22H25BN2O4/c1-14-16(9-7-10-17(14)23-28-20(2,3)21(4,5)29-23)22(13-26)25-18-11-6-8-15(12-24)19(18)27-22/h6-11,25-26H,13H2,1-5H3/t22-/m1/s1. The smallest absolute Gasteiger partial charge is 0.458 e. The quantitative estimate of drug-likeness (QED) is 0.782. The molecule has 2 heterocycles. The highest BCUT2D eigenvalue weighted by molar-refractivity contribution is 6.62. The van der Waals surface area contributed by atoms with Crippen LogP contribution in [0.25, 0.3) is 0 Å². The van der Waals surface area contributed by atoms with Gasteiger partial charge >= 0.3 is 7.12 Å². The monoisotopic (exact) mass is 392 g/mol. The van der Waals surface area contributed by atoms with Gasteiger partial charge in [0, 0.05) is 5.56 Å². The average Bonchev–Trinajstić information content (AvgIpc) is 3.16. The molecule has 2 aliphatic heterocycles. The molecule has 2 aliphatic rings. The molecule has 1 atom stereocenters. The van der Waals surface area contributed by atoms with Crippen molar-refractivity contribution >= 4 is 18.3 Å². The van der Waals surface area contributed by atoms with E-state index in [1.54, 1.807) is 12.1 Å². The van der Waals surface area contributed by atoms with E-state index in [1.807, 2.05) is 58.9 Å². The normalized spacial score (nSPS) is 23.8. The molecular weight excluding hydrogens is 367 g/mol. The van der Waals surface area contributed by atoms with Gasteiger partial charge in [-0.15, -0.1) is 0 Å². The maximum absolute atomic E-state index is 10.3. The Bertz CT molecular complexity index is 998. The molecule has 29 heavy (non-hydrogen) atoms. The van der Waals surface area contributed by atoms with Crippen LogP contribution in [0.2, 0.25) is 0 Å². The molecule has 0 saturated carbocycles. The lowest BCUT2D eigenvalue weighted by Gasteiger charge is -2.32. The Kier molecular flexibility index (Phi) is 4.43. The maximum Gasteiger partial charge on any atom is 0.495 e. The van der Waals surface area contributed by atoms with Gasteiger partial charge < -0.3 is 24.5 Å². The van der Waals surface area contributed by atoms with Gasteiger partial charge in [0.1, 0.15) is 12.7 Å². The minimum absolute atomic E-state index is 0.305. The summed E-state index contributed by atoms with van der Waals surface area (Å²) in [4.78, 5) is 0. The van der Waals surface area contributed by atoms with Gasteiger partial charge in [-0.3, -0.25) is 0 Å². The van der Waals surface area contributed by atoms with E-state index in [4.69, 9.17) is 14.0 Å². The number of hydrogen-bond acceptors (Lipinski definition) is 6. The number of nitrogens with one attached hydrogen (secondary N) is 1. The molecule has 7 heteroatoms. The summed E-state index contributed by atoms with van der Waals surface area (Å²) >= 11 is 0. The Morgan fingerprint density at radius 2 is 1.72 bits per heavy atom. The van der Waals surface area contributed by atoms with Crippen molar-refractivity contribution in [2.24, 2.45) is 0 Å². The van der Waals surface area contributed by atoms with E-state index in [0.717, 1.165) is 16.6 Å². The summed E-state index contributed by atoms with van der Waals surface area (Å²) in [6.07, 6.45) is 0. The minimum atomic E-state index is -1.18. The Morgan fingerprint density at radius 1 is 1.07 bits per heavy atom. The summed E-state index contributed by atoms with van der Waals surface area (Å²) in [5.74, 6) is 0.449. The highest BCUT2D eigenvalue weighted by Gasteiger charge is 2.52. The Balaban J connectivity index is 1.76. The first kappa shape index (κ1) is 19.8. The summed E-state index contributed by atoms with van der Waals surface area (Å²) in [6, 6.07) is 13.2. The third-order valence-corrected chi connectivity index (χ3v) is 6.29. The molecule has 150 valence electrons. The second-order valence-electron chi connectivity index (χ2n) is 8.61. The van der Waals surface area contributed by atoms with Crippen LogP contribution >= 0.6 is 0 Å². The van der Waals surface area contributed by atoms with E-state index in [1.165, 1.54) is 0 Å². The molecule has 4 rings (SSSR count). The molecule has 2 N–H and O–H groups in total. The number of benzene rings is 2. The van der Waals surface area contributed by atoms with Gasteiger partial charge in [0.25, 0.3) is 0 Å². The molecular formula is C22H25BN2O4. The van der Waals surface area contributed by atoms with E-state index in [0.29, 0.717) is 17.0 Å². The van der Waals surface area contributed by atoms with E-state index >= 15 is 0 Å². The van der Waals surface area contributed by atoms with Crippen molar-refractivity contribution in [1.29, 1.82) is 5.26 Å². The fraction of sp³-hybridized carbons (Fsp3) is 0.409. The second-order valence-corrected chi connectivity index (χ2v) is 8.61. The number of ether oxygens (including phenoxy) is 1. The van der Waals surface area contributed by atoms with Crippen molar-refractivity contribution in [1.82, 2.24) is 0 Å². The van der Waals surface area contributed by atoms with Crippen LogP contribution in [0.3, 0.4) is 0 Å². The minimum Gasteiger partial charge on any atom is -0.458 e. The number of rotatable bonds is 3. The highest BCUT2D eigenvalue weighted by atomic mass is 16.7. The number of aliphatic hydroxyl groups excluding tert-OH is 1. The summed E-state index contributed by atoms with van der Waals surface area (Å²) in [5, 5.41) is 23.0. The molecule has 0 aromatic heterocycles. The Hall–Kier alpha value is -2.53. The van der Waals surface area contributed by atoms with Crippen LogP contribution in [0, 0.1) is 18.3 Å². The van der Waals surface area contributed by atoms with Crippen LogP contribution in [0.1, 0.15) is 44.4 Å². The van der Waals surface area contributed by atoms with Gasteiger partial charge in [0.2, 0.25) is 5.72 Å². The van der Waals surface area contributed by atoms with Gasteiger partial charge in [0.15, 0.2) is 5.75 Å². The van der Waals surface area contributed by atoms with Gasteiger partial charge in [-0.05, 0) is 57.8 Å². The topological polar surface area (TPSA) is 83.7 Å². The number of nitriles is 1. The molecule has 6 nitrogen and oxygen atoms in total. The zero-order valence-electron chi connectivity index (χ0n) is 17.4. The Labute approximate surface area is 171 Å². The van der Waals surface area contributed by atoms with Gasteiger partial charge in [-0.1, -0.05) is 24.3 Å². The zero-order chi connectivity index (χ0) is 21.0. The van der Waals surface area contributed by atoms with Crippen LogP contribution in [-0.4, -0.2) is 30.0 Å². The summed E-state index contributed by atoms with van der Waals surface area (Å²) in [7, 11) is -0.519. The molecule has 1 fully saturated rings. The molecule has 0 bridgehead atoms. The molecule has 2 aromatic carbocycles. The molecule has 0 spiro atoms. The lowest BCUT2D eigenvalue weighted by atomic mass is 9.74. The maximum atomic E-state index is 10.3. The van der Waals surface area contributed by atoms with Gasteiger partial charge in [0.05, 0.1) is 22.5 Å². The van der Waals surface area contributed by atoms with Crippen LogP contribution in [0.5, 0.6) is 5.75 Å². The first-order valence-corrected chi connectivity index (χ1v) is 9.71. The number of hydrogen-bond donors (Lipinski definition) is 2. The molecule has 1 saturated heterocycles. The summed E-state index contributed by atoms with van der Waals surface area (Å²) in [6.45, 7) is 9.73. The van der Waals surface area contributed by atoms with Crippen molar-refractivity contribution < 1.29 is 19.2 Å². The first-order chi connectivity index (χ1) is 13.6. The van der Waals surface area contributed by atoms with Crippen LogP contribution in [0.4, 0.5) is 5.69 Å². The van der Waals surface area contributed by atoms with Gasteiger partial charge in [-0.25, -0.2) is 0 Å². The van der Waals surface area contributed by atoms with Crippen molar-refractivity contribution in [2.45, 2.75) is 51.5 Å². The number of anilines is 1. The van der Waals surface area contributed by atoms with Crippen molar-refractivity contribution in [3.63, 3.8) is 0 Å². The molecule has 0 radical (unpaired) electrons. The van der Waals surface area contributed by atoms with E-state index in [9.17, 15) is 10.4 Å². The van der Waals surface area contributed by atoms with Crippen molar-refractivity contribution in [3.8, 4) is 11.8 Å². The molecule has 2 aromatic rings. The number of aliphatic hydroxyl groups is 1. The van der Waals surface area contributed by atoms with Crippen LogP contribution in [0.15, 0.2) is 36.4 Å². The molecule has 0 aliphatic carbocycles. The fourth-order valence-corrected chi connectivity index (χ4v) is 3.85. The van der Waals surface area contributed by atoms with Crippen molar-refractivity contribution in [3.05, 3.63) is 53.1 Å². The number of para-hydroxylation sites is 1. The summed E-state index contributed by atoms with van der Waals surface area (Å²) in [5.41, 5.74) is 1.58. The second kappa shape index (κ2) is 6.49. The third-order valence-electron chi connectivity index (χ3n) is 6.29. The fourth-order valence-electron chi connectivity index (χ4n) is 3.85. The zero-order valence-corrected chi connectivity index (χ0v) is 17.4. The van der Waals surface area contributed by atoms with E-state index in [2.05, 4.69) is 11.4 Å². The van der Waals surface area contributed by atoms with Crippen molar-refractivity contribution in [2.75, 3.05) is 11.9 Å². The van der Waals surface area contributed by atoms with E-state index < -0.39 is 24.0 Å². The van der Waals surface area contributed by atoms with Gasteiger partial charge in [-0.2, -0.15) is 5.26 Å². The lowest BCUT2D eigenvalue weighted by Crippen LogP contribution is -2.44. The summed E-state index contributed by atoms with van der Waals surface area (Å²) < 4.78 is 18.6. The predicted molar refractivity (Wildman–Crippen MR) is 111 cm³/mol. The first-order valence-electron chi connectivity index (χ1n) is 9.71. The SMILES string of the molecule is Cc1c(B2OC(C)(C)C(C)(C)O2)cccc1[C@]1(CO)Nc2cccc(C#N)c2O1. The average molecular weight is 392 g/mol. The predicted octanol–water partition coefficient (Wildman–Crippen LogP) is 2.82. The number of fused-ring (bicyclic) bond motifs is 1. The molecule has 0 amide bonds. The third kappa shape index (κ3) is 2.91.